The van der Waals surface area contributed by atoms with Gasteiger partial charge in [0.2, 0.25) is 0 Å². The molecule has 0 spiro atoms. The SMILES string of the molecule is BC1C(OCCCC)CCC2C3CCC(C)CC3SC12. The number of hydrogen-bond acceptors (Lipinski definition) is 2. The average molecular weight is 294 g/mol. The van der Waals surface area contributed by atoms with E-state index in [9.17, 15) is 0 Å². The lowest BCUT2D eigenvalue weighted by Crippen LogP contribution is -2.38. The minimum absolute atomic E-state index is 0.549. The summed E-state index contributed by atoms with van der Waals surface area (Å²) in [4.78, 5) is 0. The molecule has 3 rings (SSSR count). The number of fused-ring (bicyclic) bond motifs is 3. The molecule has 1 aliphatic heterocycles. The Bertz CT molecular complexity index is 324. The maximum absolute atomic E-state index is 6.20. The third kappa shape index (κ3) is 2.95. The molecule has 3 heteroatoms. The molecule has 0 aromatic carbocycles. The first-order valence-electron chi connectivity index (χ1n) is 8.97. The van der Waals surface area contributed by atoms with Crippen LogP contribution in [0.2, 0.25) is 5.82 Å². The van der Waals surface area contributed by atoms with Crippen LogP contribution in [0.15, 0.2) is 0 Å². The van der Waals surface area contributed by atoms with Gasteiger partial charge in [-0.2, -0.15) is 11.8 Å². The van der Waals surface area contributed by atoms with E-state index in [1.165, 1.54) is 44.9 Å². The fourth-order valence-corrected chi connectivity index (χ4v) is 7.23. The Labute approximate surface area is 130 Å². The molecule has 3 fully saturated rings. The Morgan fingerprint density at radius 2 is 1.95 bits per heavy atom. The molecule has 3 aliphatic rings. The monoisotopic (exact) mass is 294 g/mol. The average Bonchev–Trinajstić information content (AvgIpc) is 2.80. The summed E-state index contributed by atoms with van der Waals surface area (Å²) in [5, 5.41) is 1.88. The van der Waals surface area contributed by atoms with Crippen molar-refractivity contribution >= 4 is 19.6 Å². The van der Waals surface area contributed by atoms with E-state index in [-0.39, 0.29) is 0 Å². The zero-order valence-corrected chi connectivity index (χ0v) is 14.3. The van der Waals surface area contributed by atoms with Crippen LogP contribution in [0.1, 0.15) is 58.8 Å². The molecule has 7 atom stereocenters. The summed E-state index contributed by atoms with van der Waals surface area (Å²) in [6.45, 7) is 5.69. The second-order valence-corrected chi connectivity index (χ2v) is 9.01. The van der Waals surface area contributed by atoms with Crippen molar-refractivity contribution in [2.75, 3.05) is 6.61 Å². The number of ether oxygens (including phenoxy) is 1. The largest absolute Gasteiger partial charge is 0.379 e. The number of unbranched alkanes of at least 4 members (excludes halogenated alkanes) is 1. The first-order valence-corrected chi connectivity index (χ1v) is 9.92. The molecule has 7 unspecified atom stereocenters. The highest BCUT2D eigenvalue weighted by atomic mass is 32.2. The third-order valence-electron chi connectivity index (χ3n) is 6.13. The highest BCUT2D eigenvalue weighted by Gasteiger charge is 2.50. The predicted octanol–water partition coefficient (Wildman–Crippen LogP) is 3.92. The molecular formula is C17H31BOS. The third-order valence-corrected chi connectivity index (χ3v) is 8.11. The molecule has 0 radical (unpaired) electrons. The lowest BCUT2D eigenvalue weighted by Gasteiger charge is -2.39. The molecule has 0 N–H and O–H groups in total. The Balaban J connectivity index is 1.60. The van der Waals surface area contributed by atoms with Crippen molar-refractivity contribution in [3.8, 4) is 0 Å². The highest BCUT2D eigenvalue weighted by molar-refractivity contribution is 8.00. The molecule has 0 bridgehead atoms. The molecule has 114 valence electrons. The summed E-state index contributed by atoms with van der Waals surface area (Å²) in [7, 11) is 2.47. The van der Waals surface area contributed by atoms with Crippen LogP contribution >= 0.6 is 11.8 Å². The van der Waals surface area contributed by atoms with Gasteiger partial charge in [0.05, 0.1) is 6.10 Å². The second kappa shape index (κ2) is 6.65. The highest BCUT2D eigenvalue weighted by Crippen LogP contribution is 2.58. The van der Waals surface area contributed by atoms with Gasteiger partial charge in [0.1, 0.15) is 7.85 Å². The van der Waals surface area contributed by atoms with Crippen LogP contribution in [0.5, 0.6) is 0 Å². The van der Waals surface area contributed by atoms with Gasteiger partial charge in [-0.1, -0.05) is 26.7 Å². The molecule has 2 saturated carbocycles. The first-order chi connectivity index (χ1) is 9.70. The van der Waals surface area contributed by atoms with Gasteiger partial charge in [-0.05, 0) is 55.7 Å². The second-order valence-electron chi connectivity index (χ2n) is 7.58. The minimum atomic E-state index is 0.549. The van der Waals surface area contributed by atoms with Gasteiger partial charge >= 0.3 is 0 Å². The van der Waals surface area contributed by atoms with Gasteiger partial charge in [0, 0.05) is 17.1 Å². The van der Waals surface area contributed by atoms with Crippen molar-refractivity contribution < 1.29 is 4.74 Å². The van der Waals surface area contributed by atoms with Crippen molar-refractivity contribution in [3.63, 3.8) is 0 Å². The zero-order valence-electron chi connectivity index (χ0n) is 13.5. The predicted molar refractivity (Wildman–Crippen MR) is 91.3 cm³/mol. The van der Waals surface area contributed by atoms with E-state index in [0.29, 0.717) is 6.10 Å². The number of thioether (sulfide) groups is 1. The summed E-state index contributed by atoms with van der Waals surface area (Å²) in [5.74, 6) is 3.80. The van der Waals surface area contributed by atoms with E-state index in [0.717, 1.165) is 40.7 Å². The van der Waals surface area contributed by atoms with Crippen LogP contribution in [0.4, 0.5) is 0 Å². The van der Waals surface area contributed by atoms with Gasteiger partial charge in [-0.3, -0.25) is 0 Å². The lowest BCUT2D eigenvalue weighted by atomic mass is 9.63. The molecule has 20 heavy (non-hydrogen) atoms. The molecule has 2 aliphatic carbocycles. The maximum Gasteiger partial charge on any atom is 0.110 e. The Hall–Kier alpha value is 0.375. The standard InChI is InChI=1S/C17H31BOS/c1-3-4-9-19-14-8-7-13-12-6-5-11(2)10-15(12)20-17(13)16(14)18/h11-17H,3-10,18H2,1-2H3. The maximum atomic E-state index is 6.20. The summed E-state index contributed by atoms with van der Waals surface area (Å²) in [6, 6.07) is 0. The van der Waals surface area contributed by atoms with E-state index in [1.807, 2.05) is 0 Å². The first kappa shape index (κ1) is 15.3. The lowest BCUT2D eigenvalue weighted by molar-refractivity contribution is 0.0138. The summed E-state index contributed by atoms with van der Waals surface area (Å²) in [6.07, 6.45) is 10.3. The van der Waals surface area contributed by atoms with Crippen LogP contribution < -0.4 is 0 Å². The van der Waals surface area contributed by atoms with Crippen LogP contribution in [-0.2, 0) is 4.74 Å². The quantitative estimate of drug-likeness (QED) is 0.574. The van der Waals surface area contributed by atoms with Gasteiger partial charge in [0.15, 0.2) is 0 Å². The van der Waals surface area contributed by atoms with Crippen molar-refractivity contribution in [1.82, 2.24) is 0 Å². The van der Waals surface area contributed by atoms with Crippen LogP contribution in [0.25, 0.3) is 0 Å². The Morgan fingerprint density at radius 1 is 1.15 bits per heavy atom. The van der Waals surface area contributed by atoms with Crippen molar-refractivity contribution in [2.45, 2.75) is 81.2 Å². The zero-order chi connectivity index (χ0) is 14.1. The fourth-order valence-electron chi connectivity index (χ4n) is 4.88. The van der Waals surface area contributed by atoms with Crippen molar-refractivity contribution in [1.29, 1.82) is 0 Å². The Morgan fingerprint density at radius 3 is 2.75 bits per heavy atom. The van der Waals surface area contributed by atoms with Gasteiger partial charge < -0.3 is 4.74 Å². The van der Waals surface area contributed by atoms with Crippen molar-refractivity contribution in [2.24, 2.45) is 17.8 Å². The van der Waals surface area contributed by atoms with E-state index >= 15 is 0 Å². The summed E-state index contributed by atoms with van der Waals surface area (Å²) < 4.78 is 6.20. The number of hydrogen-bond donors (Lipinski definition) is 0. The van der Waals surface area contributed by atoms with Gasteiger partial charge in [-0.25, -0.2) is 0 Å². The van der Waals surface area contributed by atoms with Gasteiger partial charge in [0.25, 0.3) is 0 Å². The molecular weight excluding hydrogens is 263 g/mol. The molecule has 0 amide bonds. The van der Waals surface area contributed by atoms with Crippen LogP contribution in [-0.4, -0.2) is 31.1 Å². The normalized spacial score (nSPS) is 47.8. The van der Waals surface area contributed by atoms with E-state index in [4.69, 9.17) is 4.74 Å². The topological polar surface area (TPSA) is 9.23 Å². The minimum Gasteiger partial charge on any atom is -0.379 e. The number of rotatable bonds is 4. The Kier molecular flexibility index (Phi) is 5.08. The van der Waals surface area contributed by atoms with Crippen LogP contribution in [0.3, 0.4) is 0 Å². The summed E-state index contributed by atoms with van der Waals surface area (Å²) >= 11 is 2.35. The van der Waals surface area contributed by atoms with Crippen molar-refractivity contribution in [3.05, 3.63) is 0 Å². The van der Waals surface area contributed by atoms with E-state index in [2.05, 4.69) is 33.5 Å². The molecule has 1 nitrogen and oxygen atoms in total. The molecule has 1 heterocycles. The molecule has 0 aromatic heterocycles. The van der Waals surface area contributed by atoms with E-state index in [1.54, 1.807) is 0 Å². The fraction of sp³-hybridized carbons (Fsp3) is 1.00. The summed E-state index contributed by atoms with van der Waals surface area (Å²) in [5.41, 5.74) is 0. The van der Waals surface area contributed by atoms with Crippen LogP contribution in [0, 0.1) is 17.8 Å². The smallest absolute Gasteiger partial charge is 0.110 e. The molecule has 1 saturated heterocycles. The molecule has 0 aromatic rings. The van der Waals surface area contributed by atoms with E-state index < -0.39 is 0 Å². The van der Waals surface area contributed by atoms with Gasteiger partial charge in [-0.15, -0.1) is 0 Å².